The fourth-order valence-corrected chi connectivity index (χ4v) is 1.92. The van der Waals surface area contributed by atoms with E-state index in [-0.39, 0.29) is 18.2 Å². The molecule has 4 nitrogen and oxygen atoms in total. The molecule has 0 aromatic heterocycles. The second-order valence-electron chi connectivity index (χ2n) is 4.36. The van der Waals surface area contributed by atoms with Crippen LogP contribution in [0.4, 0.5) is 18.9 Å². The maximum absolute atomic E-state index is 12.8. The lowest BCUT2D eigenvalue weighted by Crippen LogP contribution is -2.08. The zero-order valence-electron chi connectivity index (χ0n) is 10.6. The van der Waals surface area contributed by atoms with Crippen molar-refractivity contribution in [2.75, 3.05) is 12.5 Å². The minimum absolute atomic E-state index is 0.0374. The molecule has 2 aromatic rings. The summed E-state index contributed by atoms with van der Waals surface area (Å²) >= 11 is 0. The third kappa shape index (κ3) is 2.67. The lowest BCUT2D eigenvalue weighted by molar-refractivity contribution is -0.137. The Bertz CT molecular complexity index is 686. The highest BCUT2D eigenvalue weighted by Crippen LogP contribution is 2.39. The molecule has 0 radical (unpaired) electrons. The average Bonchev–Trinajstić information content (AvgIpc) is 2.87. The molecule has 21 heavy (non-hydrogen) atoms. The number of alkyl halides is 3. The number of rotatable bonds is 2. The molecule has 0 unspecified atom stereocenters. The Balaban J connectivity index is 1.88. The number of hydrogen-bond donors (Lipinski definition) is 1. The summed E-state index contributed by atoms with van der Waals surface area (Å²) in [6.07, 6.45) is -4.53. The molecular formula is C14H10F3NO3. The molecule has 1 heterocycles. The first-order chi connectivity index (χ1) is 9.93. The maximum Gasteiger partial charge on any atom is 0.418 e. The Labute approximate surface area is 117 Å². The minimum Gasteiger partial charge on any atom is -0.457 e. The van der Waals surface area contributed by atoms with Gasteiger partial charge in [0.05, 0.1) is 5.56 Å². The van der Waals surface area contributed by atoms with E-state index in [0.29, 0.717) is 17.2 Å². The van der Waals surface area contributed by atoms with Crippen LogP contribution >= 0.6 is 0 Å². The quantitative estimate of drug-likeness (QED) is 0.856. The summed E-state index contributed by atoms with van der Waals surface area (Å²) in [6, 6.07) is 8.14. The first kappa shape index (κ1) is 13.4. The van der Waals surface area contributed by atoms with Gasteiger partial charge in [-0.3, -0.25) is 0 Å². The average molecular weight is 297 g/mol. The molecule has 0 saturated carbocycles. The van der Waals surface area contributed by atoms with Crippen molar-refractivity contribution < 1.29 is 27.4 Å². The molecule has 1 aliphatic heterocycles. The Kier molecular flexibility index (Phi) is 3.04. The van der Waals surface area contributed by atoms with Gasteiger partial charge >= 0.3 is 6.18 Å². The topological polar surface area (TPSA) is 53.7 Å². The Hall–Kier alpha value is -2.57. The van der Waals surface area contributed by atoms with Gasteiger partial charge in [-0.1, -0.05) is 0 Å². The van der Waals surface area contributed by atoms with Crippen LogP contribution < -0.4 is 19.9 Å². The van der Waals surface area contributed by atoms with Crippen LogP contribution in [0, 0.1) is 0 Å². The van der Waals surface area contributed by atoms with Crippen molar-refractivity contribution in [3.05, 3.63) is 42.0 Å². The Morgan fingerprint density at radius 1 is 0.952 bits per heavy atom. The van der Waals surface area contributed by atoms with E-state index in [2.05, 4.69) is 0 Å². The second-order valence-corrected chi connectivity index (χ2v) is 4.36. The molecule has 0 aliphatic carbocycles. The van der Waals surface area contributed by atoms with Gasteiger partial charge in [0.15, 0.2) is 11.5 Å². The number of nitrogens with two attached hydrogens (primary N) is 1. The largest absolute Gasteiger partial charge is 0.457 e. The van der Waals surface area contributed by atoms with E-state index in [4.69, 9.17) is 19.9 Å². The molecular weight excluding hydrogens is 287 g/mol. The van der Waals surface area contributed by atoms with Gasteiger partial charge in [0.25, 0.3) is 0 Å². The summed E-state index contributed by atoms with van der Waals surface area (Å²) in [5, 5.41) is 0. The predicted molar refractivity (Wildman–Crippen MR) is 68.5 cm³/mol. The van der Waals surface area contributed by atoms with Gasteiger partial charge < -0.3 is 19.9 Å². The Morgan fingerprint density at radius 2 is 1.62 bits per heavy atom. The van der Waals surface area contributed by atoms with Crippen molar-refractivity contribution >= 4 is 5.69 Å². The summed E-state index contributed by atoms with van der Waals surface area (Å²) < 4.78 is 54.0. The first-order valence-corrected chi connectivity index (χ1v) is 5.98. The smallest absolute Gasteiger partial charge is 0.418 e. The van der Waals surface area contributed by atoms with Crippen LogP contribution in [-0.2, 0) is 6.18 Å². The molecule has 0 fully saturated rings. The zero-order valence-corrected chi connectivity index (χ0v) is 10.6. The number of anilines is 1. The van der Waals surface area contributed by atoms with Gasteiger partial charge in [0.2, 0.25) is 6.79 Å². The fourth-order valence-electron chi connectivity index (χ4n) is 1.92. The van der Waals surface area contributed by atoms with Gasteiger partial charge in [-0.15, -0.1) is 0 Å². The van der Waals surface area contributed by atoms with Gasteiger partial charge in [0.1, 0.15) is 11.5 Å². The van der Waals surface area contributed by atoms with Crippen LogP contribution in [0.2, 0.25) is 0 Å². The van der Waals surface area contributed by atoms with E-state index in [9.17, 15) is 13.2 Å². The summed E-state index contributed by atoms with van der Waals surface area (Å²) in [6.45, 7) is 0.110. The maximum atomic E-state index is 12.8. The standard InChI is InChI=1S/C14H10F3NO3/c15-14(16,17)10-5-8(1-3-11(10)18)21-9-2-4-12-13(6-9)20-7-19-12/h1-6H,7,18H2. The SMILES string of the molecule is Nc1ccc(Oc2ccc3c(c2)OCO3)cc1C(F)(F)F. The van der Waals surface area contributed by atoms with Crippen LogP contribution in [0.3, 0.4) is 0 Å². The summed E-state index contributed by atoms with van der Waals surface area (Å²) in [5.41, 5.74) is 4.05. The molecule has 0 atom stereocenters. The summed E-state index contributed by atoms with van der Waals surface area (Å²) in [4.78, 5) is 0. The van der Waals surface area contributed by atoms with Crippen LogP contribution in [0.5, 0.6) is 23.0 Å². The lowest BCUT2D eigenvalue weighted by atomic mass is 10.1. The minimum atomic E-state index is -4.53. The molecule has 110 valence electrons. The van der Waals surface area contributed by atoms with Crippen LogP contribution in [-0.4, -0.2) is 6.79 Å². The molecule has 7 heteroatoms. The van der Waals surface area contributed by atoms with Crippen LogP contribution in [0.15, 0.2) is 36.4 Å². The number of hydrogen-bond acceptors (Lipinski definition) is 4. The highest BCUT2D eigenvalue weighted by molar-refractivity contribution is 5.53. The molecule has 1 aliphatic rings. The summed E-state index contributed by atoms with van der Waals surface area (Å²) in [5.74, 6) is 1.43. The van der Waals surface area contributed by atoms with Crippen molar-refractivity contribution in [3.8, 4) is 23.0 Å². The van der Waals surface area contributed by atoms with E-state index >= 15 is 0 Å². The highest BCUT2D eigenvalue weighted by atomic mass is 19.4. The van der Waals surface area contributed by atoms with Gasteiger partial charge in [-0.2, -0.15) is 13.2 Å². The van der Waals surface area contributed by atoms with Gasteiger partial charge in [-0.25, -0.2) is 0 Å². The molecule has 0 bridgehead atoms. The third-order valence-corrected chi connectivity index (χ3v) is 2.91. The van der Waals surface area contributed by atoms with Crippen molar-refractivity contribution in [2.45, 2.75) is 6.18 Å². The number of nitrogen functional groups attached to an aromatic ring is 1. The number of fused-ring (bicyclic) bond motifs is 1. The van der Waals surface area contributed by atoms with Crippen LogP contribution in [0.1, 0.15) is 5.56 Å². The van der Waals surface area contributed by atoms with Crippen molar-refractivity contribution in [2.24, 2.45) is 0 Å². The van der Waals surface area contributed by atoms with Gasteiger partial charge in [0, 0.05) is 11.8 Å². The number of halogens is 3. The van der Waals surface area contributed by atoms with E-state index in [1.807, 2.05) is 0 Å². The van der Waals surface area contributed by atoms with E-state index in [1.165, 1.54) is 6.07 Å². The van der Waals surface area contributed by atoms with Crippen molar-refractivity contribution in [3.63, 3.8) is 0 Å². The molecule has 0 spiro atoms. The van der Waals surface area contributed by atoms with E-state index in [0.717, 1.165) is 12.1 Å². The summed E-state index contributed by atoms with van der Waals surface area (Å²) in [7, 11) is 0. The molecule has 3 rings (SSSR count). The monoisotopic (exact) mass is 297 g/mol. The Morgan fingerprint density at radius 3 is 2.38 bits per heavy atom. The van der Waals surface area contributed by atoms with Crippen molar-refractivity contribution in [1.82, 2.24) is 0 Å². The number of ether oxygens (including phenoxy) is 3. The molecule has 0 saturated heterocycles. The number of benzene rings is 2. The van der Waals surface area contributed by atoms with E-state index in [1.54, 1.807) is 18.2 Å². The molecule has 0 amide bonds. The fraction of sp³-hybridized carbons (Fsp3) is 0.143. The van der Waals surface area contributed by atoms with Crippen LogP contribution in [0.25, 0.3) is 0 Å². The van der Waals surface area contributed by atoms with Crippen molar-refractivity contribution in [1.29, 1.82) is 0 Å². The zero-order chi connectivity index (χ0) is 15.0. The first-order valence-electron chi connectivity index (χ1n) is 5.98. The third-order valence-electron chi connectivity index (χ3n) is 2.91. The molecule has 2 aromatic carbocycles. The molecule has 2 N–H and O–H groups in total. The second kappa shape index (κ2) is 4.76. The van der Waals surface area contributed by atoms with E-state index < -0.39 is 11.7 Å². The van der Waals surface area contributed by atoms with Gasteiger partial charge in [-0.05, 0) is 30.3 Å². The highest BCUT2D eigenvalue weighted by Gasteiger charge is 2.33. The normalized spacial score (nSPS) is 13.3. The predicted octanol–water partition coefficient (Wildman–Crippen LogP) is 3.81. The lowest BCUT2D eigenvalue weighted by Gasteiger charge is -2.12.